The van der Waals surface area contributed by atoms with Gasteiger partial charge in [-0.1, -0.05) is 17.7 Å². The third-order valence-corrected chi connectivity index (χ3v) is 6.41. The molecule has 0 amide bonds. The first-order valence-electron chi connectivity index (χ1n) is 12.2. The lowest BCUT2D eigenvalue weighted by Gasteiger charge is -2.08. The Morgan fingerprint density at radius 3 is 2.35 bits per heavy atom. The lowest BCUT2D eigenvalue weighted by Crippen LogP contribution is -2.16. The number of methoxy groups -OCH3 is 1. The molecule has 40 heavy (non-hydrogen) atoms. The molecule has 9 nitrogen and oxygen atoms in total. The largest absolute Gasteiger partial charge is 0.504 e. The molecule has 0 saturated heterocycles. The van der Waals surface area contributed by atoms with Crippen LogP contribution in [0, 0.1) is 6.92 Å². The molecule has 0 saturated carbocycles. The Bertz CT molecular complexity index is 1600. The van der Waals surface area contributed by atoms with E-state index in [-0.39, 0.29) is 37.0 Å². The van der Waals surface area contributed by atoms with Gasteiger partial charge in [0.05, 0.1) is 19.0 Å². The maximum Gasteiger partial charge on any atom is 0.330 e. The van der Waals surface area contributed by atoms with Crippen molar-refractivity contribution in [2.45, 2.75) is 13.3 Å². The number of halogens is 1. The van der Waals surface area contributed by atoms with Gasteiger partial charge in [0.15, 0.2) is 11.5 Å². The standard InChI is InChI=1S/C30H26ClNO8/c1-18-23(17-29(36)40-14-13-39-28(35)12-4-19-3-11-26(33)27(34)15-19)24-16-22(38-2)9-10-25(24)32(18)30(37)20-5-7-21(31)8-6-20/h3-12,15-16,33-34H,13-14,17H2,1-2H3/b12-4+. The highest BCUT2D eigenvalue weighted by Gasteiger charge is 2.22. The molecule has 0 aliphatic heterocycles. The van der Waals surface area contributed by atoms with E-state index in [1.54, 1.807) is 54.0 Å². The number of phenols is 2. The second-order valence-corrected chi connectivity index (χ2v) is 9.18. The van der Waals surface area contributed by atoms with E-state index in [1.165, 1.54) is 31.4 Å². The molecule has 0 radical (unpaired) electrons. The molecule has 0 spiro atoms. The van der Waals surface area contributed by atoms with Crippen molar-refractivity contribution in [3.05, 3.63) is 94.1 Å². The molecule has 4 aromatic rings. The Kier molecular flexibility index (Phi) is 8.76. The molecule has 1 heterocycles. The summed E-state index contributed by atoms with van der Waals surface area (Å²) in [5.74, 6) is -1.51. The van der Waals surface area contributed by atoms with Gasteiger partial charge in [0, 0.05) is 27.7 Å². The fourth-order valence-corrected chi connectivity index (χ4v) is 4.27. The number of nitrogens with zero attached hydrogens (tertiary/aromatic N) is 1. The summed E-state index contributed by atoms with van der Waals surface area (Å²) >= 11 is 5.97. The summed E-state index contributed by atoms with van der Waals surface area (Å²) < 4.78 is 17.2. The van der Waals surface area contributed by atoms with Crippen LogP contribution in [0.2, 0.25) is 5.02 Å². The fraction of sp³-hybridized carbons (Fsp3) is 0.167. The van der Waals surface area contributed by atoms with Crippen molar-refractivity contribution in [1.82, 2.24) is 4.57 Å². The number of carbonyl (C=O) groups excluding carboxylic acids is 3. The van der Waals surface area contributed by atoms with Crippen LogP contribution in [0.5, 0.6) is 17.2 Å². The Hall–Kier alpha value is -4.76. The van der Waals surface area contributed by atoms with Crippen LogP contribution in [0.3, 0.4) is 0 Å². The second kappa shape index (κ2) is 12.4. The number of hydrogen-bond donors (Lipinski definition) is 2. The zero-order valence-corrected chi connectivity index (χ0v) is 22.5. The highest BCUT2D eigenvalue weighted by molar-refractivity contribution is 6.30. The summed E-state index contributed by atoms with van der Waals surface area (Å²) in [5.41, 5.74) is 2.73. The van der Waals surface area contributed by atoms with E-state index in [4.69, 9.17) is 25.8 Å². The van der Waals surface area contributed by atoms with Gasteiger partial charge in [0.2, 0.25) is 0 Å². The third-order valence-electron chi connectivity index (χ3n) is 6.16. The molecule has 0 aliphatic rings. The summed E-state index contributed by atoms with van der Waals surface area (Å²) in [6.07, 6.45) is 2.44. The number of aromatic hydroxyl groups is 2. The number of ether oxygens (including phenoxy) is 3. The molecule has 0 fully saturated rings. The van der Waals surface area contributed by atoms with Gasteiger partial charge in [-0.05, 0) is 78.7 Å². The maximum atomic E-state index is 13.4. The molecule has 0 atom stereocenters. The van der Waals surface area contributed by atoms with E-state index in [1.807, 2.05) is 0 Å². The van der Waals surface area contributed by atoms with Crippen molar-refractivity contribution < 1.29 is 38.8 Å². The van der Waals surface area contributed by atoms with Crippen LogP contribution in [-0.2, 0) is 25.5 Å². The first-order valence-corrected chi connectivity index (χ1v) is 12.6. The number of phenolic OH excluding ortho intramolecular Hbond substituents is 2. The minimum Gasteiger partial charge on any atom is -0.504 e. The van der Waals surface area contributed by atoms with E-state index in [0.717, 1.165) is 6.08 Å². The maximum absolute atomic E-state index is 13.4. The van der Waals surface area contributed by atoms with Crippen molar-refractivity contribution in [1.29, 1.82) is 0 Å². The van der Waals surface area contributed by atoms with Crippen LogP contribution in [0.25, 0.3) is 17.0 Å². The molecule has 206 valence electrons. The number of esters is 2. The summed E-state index contributed by atoms with van der Waals surface area (Å²) in [6, 6.07) is 15.9. The SMILES string of the molecule is COc1ccc2c(c1)c(CC(=O)OCCOC(=O)/C=C/c1ccc(O)c(O)c1)c(C)n2C(=O)c1ccc(Cl)cc1. The molecular formula is C30H26ClNO8. The van der Waals surface area contributed by atoms with Crippen molar-refractivity contribution in [2.75, 3.05) is 20.3 Å². The Labute approximate surface area is 234 Å². The molecule has 0 aliphatic carbocycles. The van der Waals surface area contributed by atoms with Gasteiger partial charge in [0.25, 0.3) is 5.91 Å². The molecule has 0 bridgehead atoms. The summed E-state index contributed by atoms with van der Waals surface area (Å²) in [4.78, 5) is 38.0. The van der Waals surface area contributed by atoms with Gasteiger partial charge in [-0.15, -0.1) is 0 Å². The van der Waals surface area contributed by atoms with Gasteiger partial charge in [-0.3, -0.25) is 14.2 Å². The smallest absolute Gasteiger partial charge is 0.330 e. The molecule has 10 heteroatoms. The quantitative estimate of drug-likeness (QED) is 0.125. The number of carbonyl (C=O) groups is 3. The fourth-order valence-electron chi connectivity index (χ4n) is 4.15. The van der Waals surface area contributed by atoms with Gasteiger partial charge in [-0.2, -0.15) is 0 Å². The van der Waals surface area contributed by atoms with E-state index in [9.17, 15) is 24.6 Å². The van der Waals surface area contributed by atoms with Crippen LogP contribution in [0.1, 0.15) is 27.2 Å². The second-order valence-electron chi connectivity index (χ2n) is 8.74. The molecule has 0 unspecified atom stereocenters. The van der Waals surface area contributed by atoms with Gasteiger partial charge < -0.3 is 24.4 Å². The van der Waals surface area contributed by atoms with Crippen LogP contribution in [-0.4, -0.2) is 52.9 Å². The van der Waals surface area contributed by atoms with Crippen molar-refractivity contribution in [3.63, 3.8) is 0 Å². The molecule has 4 rings (SSSR count). The minimum atomic E-state index is -0.671. The van der Waals surface area contributed by atoms with E-state index < -0.39 is 11.9 Å². The number of benzene rings is 3. The summed E-state index contributed by atoms with van der Waals surface area (Å²) in [5, 5.41) is 20.0. The average Bonchev–Trinajstić information content (AvgIpc) is 3.21. The summed E-state index contributed by atoms with van der Waals surface area (Å²) in [6.45, 7) is 1.42. The molecule has 1 aromatic heterocycles. The molecule has 3 aromatic carbocycles. The van der Waals surface area contributed by atoms with E-state index in [0.29, 0.717) is 44.1 Å². The van der Waals surface area contributed by atoms with E-state index in [2.05, 4.69) is 0 Å². The van der Waals surface area contributed by atoms with Crippen LogP contribution in [0.15, 0.2) is 66.7 Å². The number of fused-ring (bicyclic) bond motifs is 1. The van der Waals surface area contributed by atoms with Crippen LogP contribution in [0.4, 0.5) is 0 Å². The highest BCUT2D eigenvalue weighted by Crippen LogP contribution is 2.31. The van der Waals surface area contributed by atoms with Crippen LogP contribution < -0.4 is 4.74 Å². The Morgan fingerprint density at radius 2 is 1.65 bits per heavy atom. The Morgan fingerprint density at radius 1 is 0.925 bits per heavy atom. The van der Waals surface area contributed by atoms with Crippen LogP contribution >= 0.6 is 11.6 Å². The Balaban J connectivity index is 1.42. The van der Waals surface area contributed by atoms with Crippen molar-refractivity contribution >= 4 is 46.4 Å². The topological polar surface area (TPSA) is 124 Å². The van der Waals surface area contributed by atoms with Crippen molar-refractivity contribution in [3.8, 4) is 17.2 Å². The number of hydrogen-bond acceptors (Lipinski definition) is 8. The predicted octanol–water partition coefficient (Wildman–Crippen LogP) is 5.05. The average molecular weight is 564 g/mol. The monoisotopic (exact) mass is 563 g/mol. The first-order chi connectivity index (χ1) is 19.2. The first kappa shape index (κ1) is 28.3. The zero-order valence-electron chi connectivity index (χ0n) is 21.7. The van der Waals surface area contributed by atoms with Gasteiger partial charge >= 0.3 is 11.9 Å². The third kappa shape index (κ3) is 6.44. The number of aromatic nitrogens is 1. The predicted molar refractivity (Wildman–Crippen MR) is 149 cm³/mol. The lowest BCUT2D eigenvalue weighted by atomic mass is 10.1. The normalized spacial score (nSPS) is 11.1. The minimum absolute atomic E-state index is 0.116. The van der Waals surface area contributed by atoms with Gasteiger partial charge in [-0.25, -0.2) is 4.79 Å². The lowest BCUT2D eigenvalue weighted by molar-refractivity contribution is -0.149. The summed E-state index contributed by atoms with van der Waals surface area (Å²) in [7, 11) is 1.53. The van der Waals surface area contributed by atoms with E-state index >= 15 is 0 Å². The zero-order chi connectivity index (χ0) is 28.8. The van der Waals surface area contributed by atoms with Crippen molar-refractivity contribution in [2.24, 2.45) is 0 Å². The molecular weight excluding hydrogens is 538 g/mol. The number of rotatable bonds is 9. The molecule has 2 N–H and O–H groups in total. The highest BCUT2D eigenvalue weighted by atomic mass is 35.5. The van der Waals surface area contributed by atoms with Gasteiger partial charge in [0.1, 0.15) is 19.0 Å².